The van der Waals surface area contributed by atoms with Crippen LogP contribution in [0.25, 0.3) is 0 Å². The number of hydrogen-bond acceptors (Lipinski definition) is 3. The largest absolute Gasteiger partial charge is 0.356 e. The van der Waals surface area contributed by atoms with E-state index in [1.165, 1.54) is 0 Å². The fourth-order valence-electron chi connectivity index (χ4n) is 1.86. The fraction of sp³-hybridized carbons (Fsp3) is 0.400. The van der Waals surface area contributed by atoms with Crippen molar-refractivity contribution in [1.82, 2.24) is 9.55 Å². The van der Waals surface area contributed by atoms with Crippen LogP contribution in [0, 0.1) is 5.92 Å². The molecule has 1 atom stereocenters. The van der Waals surface area contributed by atoms with Gasteiger partial charge in [0.05, 0.1) is 12.6 Å². The van der Waals surface area contributed by atoms with Crippen LogP contribution in [-0.2, 0) is 18.1 Å². The molecule has 0 fully saturated rings. The third-order valence-electron chi connectivity index (χ3n) is 3.11. The van der Waals surface area contributed by atoms with Gasteiger partial charge in [0.15, 0.2) is 0 Å². The summed E-state index contributed by atoms with van der Waals surface area (Å²) in [6.07, 6.45) is 3.67. The molecular weight excluding hydrogens is 238 g/mol. The molecule has 2 N–H and O–H groups in total. The molecule has 0 aliphatic rings. The lowest BCUT2D eigenvalue weighted by Crippen LogP contribution is -2.22. The highest BCUT2D eigenvalue weighted by atomic mass is 16.5. The van der Waals surface area contributed by atoms with E-state index in [2.05, 4.69) is 31.0 Å². The van der Waals surface area contributed by atoms with Crippen molar-refractivity contribution in [2.45, 2.75) is 33.2 Å². The summed E-state index contributed by atoms with van der Waals surface area (Å²) < 4.78 is 7.67. The molecule has 0 aliphatic carbocycles. The summed E-state index contributed by atoms with van der Waals surface area (Å²) in [5, 5.41) is 0. The third kappa shape index (κ3) is 3.66. The van der Waals surface area contributed by atoms with Crippen LogP contribution in [0.5, 0.6) is 0 Å². The summed E-state index contributed by atoms with van der Waals surface area (Å²) in [6.45, 7) is 5.25. The van der Waals surface area contributed by atoms with Crippen molar-refractivity contribution in [3.8, 4) is 0 Å². The standard InChI is InChI=1S/C15H21N3O/c1-12(2)14(16)15-17-8-9-18(15)11-19-10-13-6-4-3-5-7-13/h3-9,12,14H,10-11,16H2,1-2H3/t14-/m0/s1. The number of rotatable bonds is 6. The molecule has 0 saturated heterocycles. The van der Waals surface area contributed by atoms with E-state index in [9.17, 15) is 0 Å². The number of hydrogen-bond donors (Lipinski definition) is 1. The number of ether oxygens (including phenoxy) is 1. The van der Waals surface area contributed by atoms with Crippen molar-refractivity contribution in [3.05, 3.63) is 54.1 Å². The second kappa shape index (κ2) is 6.50. The molecule has 0 unspecified atom stereocenters. The minimum Gasteiger partial charge on any atom is -0.356 e. The minimum absolute atomic E-state index is 0.0599. The molecule has 1 aromatic carbocycles. The molecule has 102 valence electrons. The lowest BCUT2D eigenvalue weighted by atomic mass is 10.1. The smallest absolute Gasteiger partial charge is 0.127 e. The number of benzene rings is 1. The molecule has 0 radical (unpaired) electrons. The van der Waals surface area contributed by atoms with Crippen molar-refractivity contribution < 1.29 is 4.74 Å². The molecule has 0 saturated carbocycles. The van der Waals surface area contributed by atoms with Crippen LogP contribution in [0.3, 0.4) is 0 Å². The predicted molar refractivity (Wildman–Crippen MR) is 75.2 cm³/mol. The van der Waals surface area contributed by atoms with Crippen molar-refractivity contribution in [2.24, 2.45) is 11.7 Å². The monoisotopic (exact) mass is 259 g/mol. The van der Waals surface area contributed by atoms with Gasteiger partial charge in [-0.3, -0.25) is 0 Å². The van der Waals surface area contributed by atoms with E-state index in [0.29, 0.717) is 19.3 Å². The molecule has 4 heteroatoms. The normalized spacial score (nSPS) is 12.8. The summed E-state index contributed by atoms with van der Waals surface area (Å²) in [5.74, 6) is 1.23. The molecular formula is C15H21N3O. The lowest BCUT2D eigenvalue weighted by molar-refractivity contribution is 0.0609. The first-order valence-electron chi connectivity index (χ1n) is 6.56. The van der Waals surface area contributed by atoms with E-state index < -0.39 is 0 Å². The zero-order valence-corrected chi connectivity index (χ0v) is 11.5. The Hall–Kier alpha value is -1.65. The van der Waals surface area contributed by atoms with Crippen LogP contribution in [0.4, 0.5) is 0 Å². The molecule has 1 aromatic heterocycles. The van der Waals surface area contributed by atoms with E-state index in [0.717, 1.165) is 11.4 Å². The number of nitrogens with zero attached hydrogens (tertiary/aromatic N) is 2. The molecule has 1 heterocycles. The quantitative estimate of drug-likeness (QED) is 0.867. The van der Waals surface area contributed by atoms with Gasteiger partial charge in [0, 0.05) is 12.4 Å². The van der Waals surface area contributed by atoms with E-state index in [4.69, 9.17) is 10.5 Å². The van der Waals surface area contributed by atoms with Gasteiger partial charge in [-0.05, 0) is 11.5 Å². The molecule has 2 aromatic rings. The van der Waals surface area contributed by atoms with Crippen molar-refractivity contribution in [1.29, 1.82) is 0 Å². The zero-order chi connectivity index (χ0) is 13.7. The van der Waals surface area contributed by atoms with Gasteiger partial charge in [-0.15, -0.1) is 0 Å². The molecule has 0 spiro atoms. The fourth-order valence-corrected chi connectivity index (χ4v) is 1.86. The number of aromatic nitrogens is 2. The second-order valence-electron chi connectivity index (χ2n) is 4.99. The Morgan fingerprint density at radius 3 is 2.68 bits per heavy atom. The van der Waals surface area contributed by atoms with E-state index in [1.54, 1.807) is 6.20 Å². The third-order valence-corrected chi connectivity index (χ3v) is 3.11. The molecule has 4 nitrogen and oxygen atoms in total. The van der Waals surface area contributed by atoms with E-state index in [-0.39, 0.29) is 6.04 Å². The topological polar surface area (TPSA) is 53.1 Å². The zero-order valence-electron chi connectivity index (χ0n) is 11.5. The highest BCUT2D eigenvalue weighted by Gasteiger charge is 2.15. The first kappa shape index (κ1) is 13.8. The number of imidazole rings is 1. The van der Waals surface area contributed by atoms with Crippen LogP contribution >= 0.6 is 0 Å². The van der Waals surface area contributed by atoms with Crippen LogP contribution in [0.2, 0.25) is 0 Å². The van der Waals surface area contributed by atoms with Gasteiger partial charge in [0.25, 0.3) is 0 Å². The van der Waals surface area contributed by atoms with Gasteiger partial charge in [-0.25, -0.2) is 4.98 Å². The van der Waals surface area contributed by atoms with E-state index >= 15 is 0 Å². The maximum atomic E-state index is 6.13. The highest BCUT2D eigenvalue weighted by Crippen LogP contribution is 2.17. The molecule has 2 rings (SSSR count). The Kier molecular flexibility index (Phi) is 4.71. The average Bonchev–Trinajstić information content (AvgIpc) is 2.87. The molecule has 0 amide bonds. The second-order valence-corrected chi connectivity index (χ2v) is 4.99. The van der Waals surface area contributed by atoms with Gasteiger partial charge in [-0.2, -0.15) is 0 Å². The summed E-state index contributed by atoms with van der Waals surface area (Å²) in [7, 11) is 0. The van der Waals surface area contributed by atoms with E-state index in [1.807, 2.05) is 29.0 Å². The Morgan fingerprint density at radius 1 is 1.26 bits per heavy atom. The predicted octanol–water partition coefficient (Wildman–Crippen LogP) is 2.71. The van der Waals surface area contributed by atoms with Gasteiger partial charge in [0.1, 0.15) is 12.6 Å². The van der Waals surface area contributed by atoms with Crippen molar-refractivity contribution in [2.75, 3.05) is 0 Å². The Balaban J connectivity index is 1.92. The van der Waals surface area contributed by atoms with Gasteiger partial charge in [-0.1, -0.05) is 44.2 Å². The maximum absolute atomic E-state index is 6.13. The summed E-state index contributed by atoms with van der Waals surface area (Å²) in [6, 6.07) is 10.1. The summed E-state index contributed by atoms with van der Waals surface area (Å²) >= 11 is 0. The molecule has 19 heavy (non-hydrogen) atoms. The molecule has 0 bridgehead atoms. The summed E-state index contributed by atoms with van der Waals surface area (Å²) in [5.41, 5.74) is 7.29. The summed E-state index contributed by atoms with van der Waals surface area (Å²) in [4.78, 5) is 4.32. The van der Waals surface area contributed by atoms with Crippen LogP contribution < -0.4 is 5.73 Å². The first-order valence-corrected chi connectivity index (χ1v) is 6.56. The van der Waals surface area contributed by atoms with Crippen LogP contribution in [-0.4, -0.2) is 9.55 Å². The van der Waals surface area contributed by atoms with Gasteiger partial charge < -0.3 is 15.0 Å². The lowest BCUT2D eigenvalue weighted by Gasteiger charge is -2.17. The Labute approximate surface area is 114 Å². The highest BCUT2D eigenvalue weighted by molar-refractivity contribution is 5.13. The first-order chi connectivity index (χ1) is 9.18. The molecule has 0 aliphatic heterocycles. The average molecular weight is 259 g/mol. The Morgan fingerprint density at radius 2 is 2.00 bits per heavy atom. The van der Waals surface area contributed by atoms with Crippen LogP contribution in [0.15, 0.2) is 42.7 Å². The van der Waals surface area contributed by atoms with Crippen molar-refractivity contribution in [3.63, 3.8) is 0 Å². The van der Waals surface area contributed by atoms with Crippen LogP contribution in [0.1, 0.15) is 31.3 Å². The minimum atomic E-state index is -0.0599. The Bertz CT molecular complexity index is 493. The maximum Gasteiger partial charge on any atom is 0.127 e. The SMILES string of the molecule is CC(C)[C@H](N)c1nccn1COCc1ccccc1. The van der Waals surface area contributed by atoms with Gasteiger partial charge >= 0.3 is 0 Å². The van der Waals surface area contributed by atoms with Crippen molar-refractivity contribution >= 4 is 0 Å². The van der Waals surface area contributed by atoms with Gasteiger partial charge in [0.2, 0.25) is 0 Å². The number of nitrogens with two attached hydrogens (primary N) is 1.